The third kappa shape index (κ3) is 3.93. The average molecular weight is 399 g/mol. The summed E-state index contributed by atoms with van der Waals surface area (Å²) in [6, 6.07) is 11.2. The lowest BCUT2D eigenvalue weighted by atomic mass is 10.1. The number of carbonyl (C=O) groups is 1. The maximum Gasteiger partial charge on any atom is 0.251 e. The van der Waals surface area contributed by atoms with E-state index >= 15 is 0 Å². The molecular formula is C16H15FINO2. The second kappa shape index (κ2) is 6.89. The monoisotopic (exact) mass is 399 g/mol. The molecule has 0 spiro atoms. The number of hydrogen-bond donors (Lipinski definition) is 1. The molecule has 0 aliphatic rings. The van der Waals surface area contributed by atoms with Crippen LogP contribution in [-0.2, 0) is 0 Å². The van der Waals surface area contributed by atoms with Crippen LogP contribution in [0.1, 0.15) is 28.9 Å². The van der Waals surface area contributed by atoms with E-state index < -0.39 is 0 Å². The summed E-state index contributed by atoms with van der Waals surface area (Å²) in [7, 11) is 1.52. The molecule has 0 heterocycles. The van der Waals surface area contributed by atoms with Gasteiger partial charge in [0.2, 0.25) is 0 Å². The normalized spacial score (nSPS) is 11.8. The molecule has 0 saturated heterocycles. The predicted molar refractivity (Wildman–Crippen MR) is 88.0 cm³/mol. The van der Waals surface area contributed by atoms with Gasteiger partial charge in [-0.1, -0.05) is 6.07 Å². The van der Waals surface area contributed by atoms with Crippen LogP contribution in [0.3, 0.4) is 0 Å². The number of benzene rings is 2. The van der Waals surface area contributed by atoms with Gasteiger partial charge in [0, 0.05) is 14.7 Å². The van der Waals surface area contributed by atoms with Crippen LogP contribution in [0, 0.1) is 9.39 Å². The van der Waals surface area contributed by atoms with Gasteiger partial charge >= 0.3 is 0 Å². The van der Waals surface area contributed by atoms with Crippen molar-refractivity contribution >= 4 is 28.5 Å². The lowest BCUT2D eigenvalue weighted by Gasteiger charge is -2.17. The van der Waals surface area contributed by atoms with Gasteiger partial charge in [0.15, 0.2) is 0 Å². The van der Waals surface area contributed by atoms with E-state index in [4.69, 9.17) is 4.74 Å². The molecule has 0 bridgehead atoms. The Morgan fingerprint density at radius 3 is 2.71 bits per heavy atom. The van der Waals surface area contributed by atoms with E-state index in [0.29, 0.717) is 16.9 Å². The van der Waals surface area contributed by atoms with Gasteiger partial charge in [0.05, 0.1) is 13.2 Å². The van der Waals surface area contributed by atoms with Crippen LogP contribution >= 0.6 is 22.6 Å². The molecule has 110 valence electrons. The molecule has 1 atom stereocenters. The molecule has 2 aromatic carbocycles. The summed E-state index contributed by atoms with van der Waals surface area (Å²) in [6.45, 7) is 1.79. The molecular weight excluding hydrogens is 384 g/mol. The largest absolute Gasteiger partial charge is 0.496 e. The van der Waals surface area contributed by atoms with Crippen molar-refractivity contribution in [1.29, 1.82) is 0 Å². The van der Waals surface area contributed by atoms with Crippen molar-refractivity contribution in [3.63, 3.8) is 0 Å². The number of nitrogens with one attached hydrogen (secondary N) is 1. The zero-order chi connectivity index (χ0) is 15.4. The molecule has 1 unspecified atom stereocenters. The van der Waals surface area contributed by atoms with Crippen LogP contribution in [0.25, 0.3) is 0 Å². The van der Waals surface area contributed by atoms with Gasteiger partial charge in [-0.25, -0.2) is 4.39 Å². The summed E-state index contributed by atoms with van der Waals surface area (Å²) in [5.41, 5.74) is 1.18. The van der Waals surface area contributed by atoms with E-state index in [2.05, 4.69) is 27.9 Å². The molecule has 0 aliphatic heterocycles. The average Bonchev–Trinajstić information content (AvgIpc) is 2.47. The van der Waals surface area contributed by atoms with Gasteiger partial charge in [-0.15, -0.1) is 0 Å². The van der Waals surface area contributed by atoms with Crippen molar-refractivity contribution in [2.24, 2.45) is 0 Å². The Kier molecular flexibility index (Phi) is 5.17. The van der Waals surface area contributed by atoms with Crippen molar-refractivity contribution in [3.8, 4) is 5.75 Å². The zero-order valence-corrected chi connectivity index (χ0v) is 13.8. The van der Waals surface area contributed by atoms with Gasteiger partial charge < -0.3 is 10.1 Å². The first-order chi connectivity index (χ1) is 10.0. The number of amides is 1. The van der Waals surface area contributed by atoms with E-state index in [1.54, 1.807) is 25.1 Å². The smallest absolute Gasteiger partial charge is 0.251 e. The predicted octanol–water partition coefficient (Wildman–Crippen LogP) is 3.93. The van der Waals surface area contributed by atoms with Crippen molar-refractivity contribution in [2.75, 3.05) is 7.11 Å². The zero-order valence-electron chi connectivity index (χ0n) is 11.7. The first kappa shape index (κ1) is 15.8. The highest BCUT2D eigenvalue weighted by molar-refractivity contribution is 14.1. The van der Waals surface area contributed by atoms with Crippen LogP contribution in [0.4, 0.5) is 4.39 Å². The SMILES string of the molecule is COc1ccc(F)cc1C(C)NC(=O)c1cccc(I)c1. The van der Waals surface area contributed by atoms with E-state index in [1.807, 2.05) is 12.1 Å². The highest BCUT2D eigenvalue weighted by atomic mass is 127. The Hall–Kier alpha value is -1.63. The molecule has 5 heteroatoms. The summed E-state index contributed by atoms with van der Waals surface area (Å²) in [4.78, 5) is 12.2. The number of halogens is 2. The third-order valence-corrected chi connectivity index (χ3v) is 3.76. The molecule has 1 N–H and O–H groups in total. The van der Waals surface area contributed by atoms with Crippen molar-refractivity contribution in [1.82, 2.24) is 5.32 Å². The van der Waals surface area contributed by atoms with E-state index in [0.717, 1.165) is 3.57 Å². The molecule has 21 heavy (non-hydrogen) atoms. The Morgan fingerprint density at radius 2 is 2.05 bits per heavy atom. The first-order valence-electron chi connectivity index (χ1n) is 6.41. The highest BCUT2D eigenvalue weighted by Gasteiger charge is 2.16. The fourth-order valence-corrected chi connectivity index (χ4v) is 2.57. The summed E-state index contributed by atoms with van der Waals surface area (Å²) in [6.07, 6.45) is 0. The number of methoxy groups -OCH3 is 1. The third-order valence-electron chi connectivity index (χ3n) is 3.09. The minimum atomic E-state index is -0.360. The maximum atomic E-state index is 13.4. The van der Waals surface area contributed by atoms with Crippen LogP contribution in [-0.4, -0.2) is 13.0 Å². The standard InChI is InChI=1S/C16H15FINO2/c1-10(14-9-12(17)6-7-15(14)21-2)19-16(20)11-4-3-5-13(18)8-11/h3-10H,1-2H3,(H,19,20). The van der Waals surface area contributed by atoms with Crippen LogP contribution in [0.5, 0.6) is 5.75 Å². The summed E-state index contributed by atoms with van der Waals surface area (Å²) in [5.74, 6) is -0.0136. The molecule has 0 radical (unpaired) electrons. The maximum absolute atomic E-state index is 13.4. The van der Waals surface area contributed by atoms with Crippen LogP contribution in [0.15, 0.2) is 42.5 Å². The lowest BCUT2D eigenvalue weighted by Crippen LogP contribution is -2.27. The minimum absolute atomic E-state index is 0.202. The fraction of sp³-hybridized carbons (Fsp3) is 0.188. The van der Waals surface area contributed by atoms with Gasteiger partial charge in [-0.3, -0.25) is 4.79 Å². The fourth-order valence-electron chi connectivity index (χ4n) is 2.03. The quantitative estimate of drug-likeness (QED) is 0.792. The van der Waals surface area contributed by atoms with E-state index in [1.165, 1.54) is 19.2 Å². The summed E-state index contributed by atoms with van der Waals surface area (Å²) in [5, 5.41) is 2.85. The van der Waals surface area contributed by atoms with E-state index in [9.17, 15) is 9.18 Å². The van der Waals surface area contributed by atoms with Gasteiger partial charge in [0.1, 0.15) is 11.6 Å². The van der Waals surface area contributed by atoms with Crippen molar-refractivity contribution < 1.29 is 13.9 Å². The second-order valence-electron chi connectivity index (χ2n) is 4.59. The summed E-state index contributed by atoms with van der Waals surface area (Å²) < 4.78 is 19.6. The minimum Gasteiger partial charge on any atom is -0.496 e. The number of rotatable bonds is 4. The molecule has 3 nitrogen and oxygen atoms in total. The lowest BCUT2D eigenvalue weighted by molar-refractivity contribution is 0.0939. The van der Waals surface area contributed by atoms with Gasteiger partial charge in [0.25, 0.3) is 5.91 Å². The number of hydrogen-bond acceptors (Lipinski definition) is 2. The molecule has 0 saturated carbocycles. The molecule has 0 aromatic heterocycles. The Labute approximate surface area is 136 Å². The highest BCUT2D eigenvalue weighted by Crippen LogP contribution is 2.26. The Morgan fingerprint density at radius 1 is 1.29 bits per heavy atom. The Balaban J connectivity index is 2.20. The number of ether oxygens (including phenoxy) is 1. The summed E-state index contributed by atoms with van der Waals surface area (Å²) >= 11 is 2.15. The molecule has 0 aliphatic carbocycles. The molecule has 1 amide bonds. The van der Waals surface area contributed by atoms with Crippen LogP contribution < -0.4 is 10.1 Å². The topological polar surface area (TPSA) is 38.3 Å². The van der Waals surface area contributed by atoms with Crippen LogP contribution in [0.2, 0.25) is 0 Å². The second-order valence-corrected chi connectivity index (χ2v) is 5.84. The van der Waals surface area contributed by atoms with E-state index in [-0.39, 0.29) is 17.8 Å². The van der Waals surface area contributed by atoms with Gasteiger partial charge in [-0.05, 0) is 65.9 Å². The number of carbonyl (C=O) groups excluding carboxylic acids is 1. The van der Waals surface area contributed by atoms with Crippen molar-refractivity contribution in [3.05, 3.63) is 63.0 Å². The first-order valence-corrected chi connectivity index (χ1v) is 7.49. The molecule has 0 fully saturated rings. The molecule has 2 rings (SSSR count). The molecule has 2 aromatic rings. The van der Waals surface area contributed by atoms with Gasteiger partial charge in [-0.2, -0.15) is 0 Å². The Bertz CT molecular complexity index is 660. The van der Waals surface area contributed by atoms with Crippen molar-refractivity contribution in [2.45, 2.75) is 13.0 Å².